The fourth-order valence-electron chi connectivity index (χ4n) is 2.14. The van der Waals surface area contributed by atoms with Gasteiger partial charge in [-0.2, -0.15) is 0 Å². The molecule has 0 unspecified atom stereocenters. The van der Waals surface area contributed by atoms with E-state index in [2.05, 4.69) is 15.6 Å². The van der Waals surface area contributed by atoms with E-state index in [1.165, 1.54) is 0 Å². The maximum Gasteiger partial charge on any atom is 0.319 e. The van der Waals surface area contributed by atoms with E-state index in [4.69, 9.17) is 0 Å². The second-order valence-corrected chi connectivity index (χ2v) is 6.15. The van der Waals surface area contributed by atoms with Gasteiger partial charge in [-0.1, -0.05) is 23.8 Å². The minimum Gasteiger partial charge on any atom is -0.334 e. The molecule has 23 heavy (non-hydrogen) atoms. The second kappa shape index (κ2) is 7.07. The SMILES string of the molecule is Cc1ccc(NC(=O)NCc2ccnc(-c3cccs3)c2)cc1. The molecule has 5 heteroatoms. The predicted molar refractivity (Wildman–Crippen MR) is 94.6 cm³/mol. The van der Waals surface area contributed by atoms with Crippen LogP contribution in [0, 0.1) is 6.92 Å². The first kappa shape index (κ1) is 15.2. The van der Waals surface area contributed by atoms with E-state index in [1.54, 1.807) is 17.5 Å². The Bertz CT molecular complexity index is 782. The molecule has 0 saturated heterocycles. The summed E-state index contributed by atoms with van der Waals surface area (Å²) < 4.78 is 0. The first-order valence-corrected chi connectivity index (χ1v) is 8.19. The summed E-state index contributed by atoms with van der Waals surface area (Å²) in [5.41, 5.74) is 3.89. The summed E-state index contributed by atoms with van der Waals surface area (Å²) in [6, 6.07) is 15.4. The van der Waals surface area contributed by atoms with Crippen LogP contribution < -0.4 is 10.6 Å². The molecule has 116 valence electrons. The maximum absolute atomic E-state index is 11.9. The molecule has 3 rings (SSSR count). The first-order valence-electron chi connectivity index (χ1n) is 7.31. The Hall–Kier alpha value is -2.66. The van der Waals surface area contributed by atoms with Crippen molar-refractivity contribution in [2.75, 3.05) is 5.32 Å². The summed E-state index contributed by atoms with van der Waals surface area (Å²) in [5, 5.41) is 7.70. The number of aryl methyl sites for hydroxylation is 1. The highest BCUT2D eigenvalue weighted by Gasteiger charge is 2.04. The van der Waals surface area contributed by atoms with E-state index >= 15 is 0 Å². The summed E-state index contributed by atoms with van der Waals surface area (Å²) in [6.45, 7) is 2.47. The second-order valence-electron chi connectivity index (χ2n) is 5.20. The molecule has 0 aliphatic heterocycles. The molecule has 0 aliphatic rings. The monoisotopic (exact) mass is 323 g/mol. The van der Waals surface area contributed by atoms with Gasteiger partial charge in [0.25, 0.3) is 0 Å². The van der Waals surface area contributed by atoms with Crippen molar-refractivity contribution in [1.29, 1.82) is 0 Å². The molecule has 0 aliphatic carbocycles. The number of hydrogen-bond acceptors (Lipinski definition) is 3. The molecule has 0 radical (unpaired) electrons. The molecule has 2 aromatic heterocycles. The summed E-state index contributed by atoms with van der Waals surface area (Å²) in [5.74, 6) is 0. The molecule has 0 atom stereocenters. The third-order valence-corrected chi connectivity index (χ3v) is 4.25. The van der Waals surface area contributed by atoms with Gasteiger partial charge in [-0.05, 0) is 48.2 Å². The number of carbonyl (C=O) groups excluding carboxylic acids is 1. The minimum absolute atomic E-state index is 0.219. The number of pyridine rings is 1. The van der Waals surface area contributed by atoms with Crippen LogP contribution in [0.1, 0.15) is 11.1 Å². The summed E-state index contributed by atoms with van der Waals surface area (Å²) >= 11 is 1.65. The molecular weight excluding hydrogens is 306 g/mol. The number of hydrogen-bond donors (Lipinski definition) is 2. The summed E-state index contributed by atoms with van der Waals surface area (Å²) in [4.78, 5) is 17.4. The van der Waals surface area contributed by atoms with Gasteiger partial charge in [-0.15, -0.1) is 11.3 Å². The van der Waals surface area contributed by atoms with Crippen molar-refractivity contribution in [2.24, 2.45) is 0 Å². The van der Waals surface area contributed by atoms with Gasteiger partial charge in [-0.25, -0.2) is 4.79 Å². The van der Waals surface area contributed by atoms with Gasteiger partial charge in [0.05, 0.1) is 10.6 Å². The van der Waals surface area contributed by atoms with Crippen LogP contribution in [0.2, 0.25) is 0 Å². The zero-order valence-corrected chi connectivity index (χ0v) is 13.6. The van der Waals surface area contributed by atoms with E-state index in [0.717, 1.165) is 27.4 Å². The van der Waals surface area contributed by atoms with Gasteiger partial charge >= 0.3 is 6.03 Å². The number of benzene rings is 1. The molecule has 2 N–H and O–H groups in total. The normalized spacial score (nSPS) is 10.3. The van der Waals surface area contributed by atoms with Crippen LogP contribution in [0.25, 0.3) is 10.6 Å². The number of anilines is 1. The molecule has 2 amide bonds. The number of nitrogens with zero attached hydrogens (tertiary/aromatic N) is 1. The van der Waals surface area contributed by atoms with Crippen molar-refractivity contribution < 1.29 is 4.79 Å². The van der Waals surface area contributed by atoms with Crippen LogP contribution in [0.4, 0.5) is 10.5 Å². The molecular formula is C18H17N3OS. The van der Waals surface area contributed by atoms with E-state index in [-0.39, 0.29) is 6.03 Å². The zero-order chi connectivity index (χ0) is 16.1. The van der Waals surface area contributed by atoms with Crippen LogP contribution in [0.15, 0.2) is 60.1 Å². The topological polar surface area (TPSA) is 54.0 Å². The van der Waals surface area contributed by atoms with Crippen LogP contribution in [0.5, 0.6) is 0 Å². The molecule has 0 saturated carbocycles. The van der Waals surface area contributed by atoms with Gasteiger partial charge in [0.2, 0.25) is 0 Å². The molecule has 4 nitrogen and oxygen atoms in total. The Morgan fingerprint density at radius 3 is 2.74 bits per heavy atom. The summed E-state index contributed by atoms with van der Waals surface area (Å²) in [6.07, 6.45) is 1.77. The molecule has 0 spiro atoms. The van der Waals surface area contributed by atoms with Crippen LogP contribution >= 0.6 is 11.3 Å². The smallest absolute Gasteiger partial charge is 0.319 e. The molecule has 0 bridgehead atoms. The number of urea groups is 1. The molecule has 0 fully saturated rings. The van der Waals surface area contributed by atoms with Gasteiger partial charge in [-0.3, -0.25) is 4.98 Å². The number of nitrogens with one attached hydrogen (secondary N) is 2. The van der Waals surface area contributed by atoms with Crippen molar-refractivity contribution in [3.8, 4) is 10.6 Å². The molecule has 1 aromatic carbocycles. The van der Waals surface area contributed by atoms with Crippen molar-refractivity contribution in [3.05, 3.63) is 71.2 Å². The Kier molecular flexibility index (Phi) is 4.68. The van der Waals surface area contributed by atoms with Crippen molar-refractivity contribution in [1.82, 2.24) is 10.3 Å². The highest BCUT2D eigenvalue weighted by atomic mass is 32.1. The zero-order valence-electron chi connectivity index (χ0n) is 12.7. The maximum atomic E-state index is 11.9. The largest absolute Gasteiger partial charge is 0.334 e. The first-order chi connectivity index (χ1) is 11.2. The number of carbonyl (C=O) groups is 1. The Morgan fingerprint density at radius 2 is 2.00 bits per heavy atom. The van der Waals surface area contributed by atoms with E-state index in [0.29, 0.717) is 6.54 Å². The van der Waals surface area contributed by atoms with Crippen molar-refractivity contribution in [2.45, 2.75) is 13.5 Å². The van der Waals surface area contributed by atoms with E-state index in [9.17, 15) is 4.79 Å². The standard InChI is InChI=1S/C18H17N3OS/c1-13-4-6-15(7-5-13)21-18(22)20-12-14-8-9-19-16(11-14)17-3-2-10-23-17/h2-11H,12H2,1H3,(H2,20,21,22). The van der Waals surface area contributed by atoms with Crippen LogP contribution in [-0.4, -0.2) is 11.0 Å². The summed E-state index contributed by atoms with van der Waals surface area (Å²) in [7, 11) is 0. The third kappa shape index (κ3) is 4.17. The number of rotatable bonds is 4. The lowest BCUT2D eigenvalue weighted by atomic mass is 10.2. The fraction of sp³-hybridized carbons (Fsp3) is 0.111. The van der Waals surface area contributed by atoms with Gasteiger partial charge in [0, 0.05) is 18.4 Å². The minimum atomic E-state index is -0.219. The molecule has 2 heterocycles. The quantitative estimate of drug-likeness (QED) is 0.746. The lowest BCUT2D eigenvalue weighted by Gasteiger charge is -2.08. The fourth-order valence-corrected chi connectivity index (χ4v) is 2.83. The predicted octanol–water partition coefficient (Wildman–Crippen LogP) is 4.44. The number of aromatic nitrogens is 1. The van der Waals surface area contributed by atoms with Crippen molar-refractivity contribution >= 4 is 23.1 Å². The van der Waals surface area contributed by atoms with Gasteiger partial charge < -0.3 is 10.6 Å². The number of amides is 2. The lowest BCUT2D eigenvalue weighted by Crippen LogP contribution is -2.28. The highest BCUT2D eigenvalue weighted by Crippen LogP contribution is 2.22. The van der Waals surface area contributed by atoms with Gasteiger partial charge in [0.15, 0.2) is 0 Å². The Morgan fingerprint density at radius 1 is 1.17 bits per heavy atom. The van der Waals surface area contributed by atoms with E-state index in [1.807, 2.05) is 60.8 Å². The van der Waals surface area contributed by atoms with E-state index < -0.39 is 0 Å². The Balaban J connectivity index is 1.58. The number of thiophene rings is 1. The van der Waals surface area contributed by atoms with Crippen LogP contribution in [-0.2, 0) is 6.54 Å². The molecule has 3 aromatic rings. The Labute approximate surface area is 139 Å². The average Bonchev–Trinajstić information content (AvgIpc) is 3.10. The average molecular weight is 323 g/mol. The third-order valence-electron chi connectivity index (χ3n) is 3.36. The van der Waals surface area contributed by atoms with Crippen molar-refractivity contribution in [3.63, 3.8) is 0 Å². The highest BCUT2D eigenvalue weighted by molar-refractivity contribution is 7.13. The van der Waals surface area contributed by atoms with Gasteiger partial charge in [0.1, 0.15) is 0 Å². The van der Waals surface area contributed by atoms with Crippen LogP contribution in [0.3, 0.4) is 0 Å². The lowest BCUT2D eigenvalue weighted by molar-refractivity contribution is 0.251.